The van der Waals surface area contributed by atoms with E-state index < -0.39 is 0 Å². The SMILES string of the molecule is C#[N+]C1(C)CC1. The fourth-order valence-electron chi connectivity index (χ4n) is 0.310. The van der Waals surface area contributed by atoms with Crippen molar-refractivity contribution >= 4 is 0 Å². The zero-order valence-electron chi connectivity index (χ0n) is 3.94. The second kappa shape index (κ2) is 0.759. The highest BCUT2D eigenvalue weighted by atomic mass is 14.8. The quantitative estimate of drug-likeness (QED) is 0.417. The Morgan fingerprint density at radius 1 is 1.67 bits per heavy atom. The summed E-state index contributed by atoms with van der Waals surface area (Å²) in [6.07, 6.45) is 2.37. The summed E-state index contributed by atoms with van der Waals surface area (Å²) in [5.41, 5.74) is 0.194. The van der Waals surface area contributed by atoms with Crippen LogP contribution in [0.5, 0.6) is 0 Å². The molecule has 0 N–H and O–H groups in total. The van der Waals surface area contributed by atoms with Gasteiger partial charge in [0.2, 0.25) is 0 Å². The monoisotopic (exact) mass is 82.1 g/mol. The Bertz CT molecular complexity index is 95.0. The van der Waals surface area contributed by atoms with Crippen molar-refractivity contribution in [3.8, 4) is 6.57 Å². The van der Waals surface area contributed by atoms with Gasteiger partial charge in [-0.1, -0.05) is 4.85 Å². The van der Waals surface area contributed by atoms with Crippen LogP contribution in [0.15, 0.2) is 0 Å². The van der Waals surface area contributed by atoms with Crippen molar-refractivity contribution in [1.29, 1.82) is 0 Å². The van der Waals surface area contributed by atoms with Gasteiger partial charge >= 0.3 is 0 Å². The summed E-state index contributed by atoms with van der Waals surface area (Å²) in [7, 11) is 0. The van der Waals surface area contributed by atoms with Crippen LogP contribution in [0.1, 0.15) is 19.8 Å². The molecule has 32 valence electrons. The van der Waals surface area contributed by atoms with Gasteiger partial charge in [-0.2, -0.15) is 0 Å². The number of rotatable bonds is 0. The van der Waals surface area contributed by atoms with E-state index in [9.17, 15) is 0 Å². The van der Waals surface area contributed by atoms with E-state index in [0.717, 1.165) is 0 Å². The van der Waals surface area contributed by atoms with Crippen molar-refractivity contribution in [1.82, 2.24) is 0 Å². The molecule has 6 heavy (non-hydrogen) atoms. The maximum absolute atomic E-state index is 4.99. The van der Waals surface area contributed by atoms with E-state index >= 15 is 0 Å². The summed E-state index contributed by atoms with van der Waals surface area (Å²) in [4.78, 5) is 3.63. The summed E-state index contributed by atoms with van der Waals surface area (Å²) in [6, 6.07) is 0. The van der Waals surface area contributed by atoms with Gasteiger partial charge in [-0.05, 0) is 0 Å². The van der Waals surface area contributed by atoms with E-state index in [1.807, 2.05) is 0 Å². The van der Waals surface area contributed by atoms with Crippen molar-refractivity contribution in [3.05, 3.63) is 4.85 Å². The highest BCUT2D eigenvalue weighted by Crippen LogP contribution is 2.38. The minimum absolute atomic E-state index is 0.194. The maximum atomic E-state index is 4.99. The predicted octanol–water partition coefficient (Wildman–Crippen LogP) is 1.50. The molecule has 0 amide bonds. The lowest BCUT2D eigenvalue weighted by Gasteiger charge is -1.71. The van der Waals surface area contributed by atoms with Crippen LogP contribution >= 0.6 is 0 Å². The summed E-state index contributed by atoms with van der Waals surface area (Å²) in [5.74, 6) is 0. The topological polar surface area (TPSA) is 4.36 Å². The van der Waals surface area contributed by atoms with Crippen LogP contribution < -0.4 is 0 Å². The molecule has 0 heterocycles. The molecule has 0 radical (unpaired) electrons. The van der Waals surface area contributed by atoms with Crippen LogP contribution in [-0.2, 0) is 0 Å². The Balaban J connectivity index is 2.54. The lowest BCUT2D eigenvalue weighted by molar-refractivity contribution is 0.908. The Morgan fingerprint density at radius 2 is 2.17 bits per heavy atom. The van der Waals surface area contributed by atoms with Gasteiger partial charge in [-0.3, -0.25) is 0 Å². The molecule has 1 saturated carbocycles. The van der Waals surface area contributed by atoms with Gasteiger partial charge < -0.3 is 0 Å². The summed E-state index contributed by atoms with van der Waals surface area (Å²) >= 11 is 0. The van der Waals surface area contributed by atoms with Crippen molar-refractivity contribution in [2.24, 2.45) is 0 Å². The van der Waals surface area contributed by atoms with Gasteiger partial charge in [-0.25, -0.2) is 0 Å². The molecule has 0 saturated heterocycles. The summed E-state index contributed by atoms with van der Waals surface area (Å²) in [6.45, 7) is 7.06. The second-order valence-electron chi connectivity index (χ2n) is 2.13. The lowest BCUT2D eigenvalue weighted by atomic mass is 10.4. The molecule has 1 aliphatic carbocycles. The molecule has 0 unspecified atom stereocenters. The van der Waals surface area contributed by atoms with Gasteiger partial charge in [-0.15, -0.1) is 0 Å². The number of nitrogens with zero attached hydrogens (tertiary/aromatic N) is 1. The Morgan fingerprint density at radius 3 is 2.17 bits per heavy atom. The molecule has 0 aromatic heterocycles. The molecule has 1 aliphatic rings. The second-order valence-corrected chi connectivity index (χ2v) is 2.13. The fourth-order valence-corrected chi connectivity index (χ4v) is 0.310. The first-order chi connectivity index (χ1) is 2.77. The molecule has 0 aliphatic heterocycles. The standard InChI is InChI=1S/C5H8N/c1-5(6-2)3-4-5/h2H,3-4H2,1H3/q+1. The van der Waals surface area contributed by atoms with E-state index in [2.05, 4.69) is 11.8 Å². The molecule has 1 heteroatoms. The van der Waals surface area contributed by atoms with Crippen LogP contribution in [0, 0.1) is 6.57 Å². The first kappa shape index (κ1) is 3.67. The first-order valence-corrected chi connectivity index (χ1v) is 2.19. The number of hydrogen-bond acceptors (Lipinski definition) is 0. The third-order valence-corrected chi connectivity index (χ3v) is 1.29. The van der Waals surface area contributed by atoms with E-state index in [1.165, 1.54) is 12.8 Å². The van der Waals surface area contributed by atoms with Crippen molar-refractivity contribution in [2.75, 3.05) is 0 Å². The van der Waals surface area contributed by atoms with Gasteiger partial charge in [0.05, 0.1) is 0 Å². The highest BCUT2D eigenvalue weighted by Gasteiger charge is 2.48. The zero-order chi connectivity index (χ0) is 4.62. The molecule has 1 rings (SSSR count). The fraction of sp³-hybridized carbons (Fsp3) is 0.800. The molecule has 0 aromatic rings. The van der Waals surface area contributed by atoms with Gasteiger partial charge in [0, 0.05) is 19.8 Å². The van der Waals surface area contributed by atoms with Crippen molar-refractivity contribution in [3.63, 3.8) is 0 Å². The molecule has 1 nitrogen and oxygen atoms in total. The normalized spacial score (nSPS) is 25.3. The molecular formula is C5H8N+. The average molecular weight is 82.1 g/mol. The number of hydrogen-bond donors (Lipinski definition) is 0. The van der Waals surface area contributed by atoms with E-state index in [1.54, 1.807) is 0 Å². The van der Waals surface area contributed by atoms with Crippen LogP contribution in [0.3, 0.4) is 0 Å². The molecule has 0 spiro atoms. The Labute approximate surface area is 37.8 Å². The van der Waals surface area contributed by atoms with Crippen molar-refractivity contribution < 1.29 is 0 Å². The molecular weight excluding hydrogens is 74.1 g/mol. The third kappa shape index (κ3) is 0.386. The molecule has 0 bridgehead atoms. The predicted molar refractivity (Wildman–Crippen MR) is 25.9 cm³/mol. The highest BCUT2D eigenvalue weighted by molar-refractivity contribution is 5.08. The summed E-state index contributed by atoms with van der Waals surface area (Å²) in [5, 5.41) is 0. The van der Waals surface area contributed by atoms with E-state index in [0.29, 0.717) is 0 Å². The maximum Gasteiger partial charge on any atom is 0.278 e. The summed E-state index contributed by atoms with van der Waals surface area (Å²) < 4.78 is 0. The Hall–Kier alpha value is -0.510. The van der Waals surface area contributed by atoms with Crippen molar-refractivity contribution in [2.45, 2.75) is 25.3 Å². The zero-order valence-corrected chi connectivity index (χ0v) is 3.94. The lowest BCUT2D eigenvalue weighted by Crippen LogP contribution is -1.87. The first-order valence-electron chi connectivity index (χ1n) is 2.19. The van der Waals surface area contributed by atoms with Crippen LogP contribution in [0.2, 0.25) is 0 Å². The van der Waals surface area contributed by atoms with Gasteiger partial charge in [0.25, 0.3) is 12.1 Å². The van der Waals surface area contributed by atoms with Crippen LogP contribution in [-0.4, -0.2) is 5.54 Å². The Kier molecular flexibility index (Phi) is 0.464. The minimum atomic E-state index is 0.194. The van der Waals surface area contributed by atoms with Gasteiger partial charge in [0.15, 0.2) is 0 Å². The van der Waals surface area contributed by atoms with E-state index in [4.69, 9.17) is 6.57 Å². The minimum Gasteiger partial charge on any atom is -0.0807 e. The van der Waals surface area contributed by atoms with Crippen LogP contribution in [0.25, 0.3) is 4.85 Å². The molecule has 1 fully saturated rings. The third-order valence-electron chi connectivity index (χ3n) is 1.29. The largest absolute Gasteiger partial charge is 0.278 e. The average Bonchev–Trinajstić information content (AvgIpc) is 2.22. The molecule has 0 aromatic carbocycles. The van der Waals surface area contributed by atoms with Gasteiger partial charge in [0.1, 0.15) is 0 Å². The smallest absolute Gasteiger partial charge is 0.0807 e. The van der Waals surface area contributed by atoms with Crippen LogP contribution in [0.4, 0.5) is 0 Å². The van der Waals surface area contributed by atoms with E-state index in [-0.39, 0.29) is 5.54 Å². The molecule has 0 atom stereocenters.